The molecule has 0 aromatic carbocycles. The van der Waals surface area contributed by atoms with E-state index in [4.69, 9.17) is 4.42 Å². The number of carbonyl (C=O) groups excluding carboxylic acids is 1. The molecule has 5 heteroatoms. The molecule has 1 aliphatic rings. The summed E-state index contributed by atoms with van der Waals surface area (Å²) in [6.45, 7) is 4.44. The van der Waals surface area contributed by atoms with Gasteiger partial charge in [0, 0.05) is 25.7 Å². The highest BCUT2D eigenvalue weighted by atomic mass is 79.9. The molecule has 1 saturated heterocycles. The van der Waals surface area contributed by atoms with Crippen molar-refractivity contribution in [3.8, 4) is 0 Å². The van der Waals surface area contributed by atoms with Gasteiger partial charge in [0.15, 0.2) is 0 Å². The number of nitrogens with zero attached hydrogens (tertiary/aromatic N) is 1. The number of carbonyl (C=O) groups is 1. The highest BCUT2D eigenvalue weighted by Crippen LogP contribution is 2.20. The van der Waals surface area contributed by atoms with E-state index in [1.165, 1.54) is 6.26 Å². The van der Waals surface area contributed by atoms with Crippen molar-refractivity contribution in [2.24, 2.45) is 0 Å². The lowest BCUT2D eigenvalue weighted by Gasteiger charge is -2.33. The molecule has 4 nitrogen and oxygen atoms in total. The van der Waals surface area contributed by atoms with E-state index in [9.17, 15) is 4.79 Å². The van der Waals surface area contributed by atoms with E-state index in [0.717, 1.165) is 24.1 Å². The molecular weight excluding hydrogens is 260 g/mol. The standard InChI is InChI=1S/C10H13BrN2O2/c1-7-6-12-3-4-13(7)10(14)9-8(11)2-5-15-9/h2,5,7,12H,3-4,6H2,1H3/t7-/m1/s1. The number of hydrogen-bond donors (Lipinski definition) is 1. The average Bonchev–Trinajstić information content (AvgIpc) is 2.64. The van der Waals surface area contributed by atoms with Crippen molar-refractivity contribution in [3.63, 3.8) is 0 Å². The van der Waals surface area contributed by atoms with Crippen LogP contribution in [0.25, 0.3) is 0 Å². The van der Waals surface area contributed by atoms with E-state index in [2.05, 4.69) is 21.2 Å². The maximum atomic E-state index is 12.1. The predicted molar refractivity (Wildman–Crippen MR) is 59.8 cm³/mol. The zero-order valence-corrected chi connectivity index (χ0v) is 10.1. The quantitative estimate of drug-likeness (QED) is 0.843. The first-order chi connectivity index (χ1) is 7.20. The number of amides is 1. The fraction of sp³-hybridized carbons (Fsp3) is 0.500. The minimum absolute atomic E-state index is 0.0409. The van der Waals surface area contributed by atoms with Gasteiger partial charge in [-0.15, -0.1) is 0 Å². The van der Waals surface area contributed by atoms with E-state index in [0.29, 0.717) is 5.76 Å². The van der Waals surface area contributed by atoms with Crippen LogP contribution in [0.5, 0.6) is 0 Å². The largest absolute Gasteiger partial charge is 0.458 e. The normalized spacial score (nSPS) is 21.7. The molecule has 0 saturated carbocycles. The number of piperazine rings is 1. The van der Waals surface area contributed by atoms with Gasteiger partial charge in [-0.2, -0.15) is 0 Å². The van der Waals surface area contributed by atoms with Crippen molar-refractivity contribution in [2.45, 2.75) is 13.0 Å². The Balaban J connectivity index is 2.17. The summed E-state index contributed by atoms with van der Waals surface area (Å²) < 4.78 is 5.89. The molecule has 0 bridgehead atoms. The van der Waals surface area contributed by atoms with E-state index in [1.807, 2.05) is 11.8 Å². The zero-order valence-electron chi connectivity index (χ0n) is 8.50. The molecule has 0 radical (unpaired) electrons. The molecule has 1 aromatic rings. The maximum Gasteiger partial charge on any atom is 0.291 e. The van der Waals surface area contributed by atoms with Gasteiger partial charge >= 0.3 is 0 Å². The van der Waals surface area contributed by atoms with Crippen LogP contribution in [0.1, 0.15) is 17.5 Å². The van der Waals surface area contributed by atoms with Crippen LogP contribution in [0.3, 0.4) is 0 Å². The molecule has 0 unspecified atom stereocenters. The second-order valence-electron chi connectivity index (χ2n) is 3.65. The van der Waals surface area contributed by atoms with Crippen molar-refractivity contribution < 1.29 is 9.21 Å². The minimum Gasteiger partial charge on any atom is -0.458 e. The third-order valence-electron chi connectivity index (χ3n) is 2.57. The number of rotatable bonds is 1. The van der Waals surface area contributed by atoms with Crippen molar-refractivity contribution in [3.05, 3.63) is 22.6 Å². The van der Waals surface area contributed by atoms with Crippen LogP contribution >= 0.6 is 15.9 Å². The van der Waals surface area contributed by atoms with Gasteiger partial charge in [0.25, 0.3) is 5.91 Å². The van der Waals surface area contributed by atoms with Crippen LogP contribution in [-0.2, 0) is 0 Å². The van der Waals surface area contributed by atoms with Crippen molar-refractivity contribution in [1.29, 1.82) is 0 Å². The van der Waals surface area contributed by atoms with Crippen LogP contribution in [0.15, 0.2) is 21.2 Å². The summed E-state index contributed by atoms with van der Waals surface area (Å²) in [7, 11) is 0. The minimum atomic E-state index is -0.0409. The summed E-state index contributed by atoms with van der Waals surface area (Å²) in [5, 5.41) is 3.24. The fourth-order valence-corrected chi connectivity index (χ4v) is 2.09. The van der Waals surface area contributed by atoms with Gasteiger partial charge in [-0.1, -0.05) is 0 Å². The maximum absolute atomic E-state index is 12.1. The second kappa shape index (κ2) is 4.37. The van der Waals surface area contributed by atoms with E-state index in [1.54, 1.807) is 6.07 Å². The predicted octanol–water partition coefficient (Wildman–Crippen LogP) is 1.48. The van der Waals surface area contributed by atoms with Crippen LogP contribution in [0.2, 0.25) is 0 Å². The SMILES string of the molecule is C[C@@H]1CNCCN1C(=O)c1occc1Br. The molecule has 2 rings (SSSR count). The van der Waals surface area contributed by atoms with Crippen molar-refractivity contribution >= 4 is 21.8 Å². The summed E-state index contributed by atoms with van der Waals surface area (Å²) in [5.74, 6) is 0.352. The van der Waals surface area contributed by atoms with Gasteiger partial charge in [-0.25, -0.2) is 0 Å². The Bertz CT molecular complexity index is 364. The Morgan fingerprint density at radius 2 is 2.53 bits per heavy atom. The lowest BCUT2D eigenvalue weighted by molar-refractivity contribution is 0.0622. The number of furan rings is 1. The zero-order chi connectivity index (χ0) is 10.8. The molecule has 15 heavy (non-hydrogen) atoms. The van der Waals surface area contributed by atoms with Gasteiger partial charge in [0.1, 0.15) is 0 Å². The third-order valence-corrected chi connectivity index (χ3v) is 3.20. The lowest BCUT2D eigenvalue weighted by atomic mass is 10.2. The Morgan fingerprint density at radius 1 is 1.73 bits per heavy atom. The second-order valence-corrected chi connectivity index (χ2v) is 4.50. The highest BCUT2D eigenvalue weighted by Gasteiger charge is 2.27. The summed E-state index contributed by atoms with van der Waals surface area (Å²) in [4.78, 5) is 13.9. The van der Waals surface area contributed by atoms with E-state index >= 15 is 0 Å². The molecular formula is C10H13BrN2O2. The topological polar surface area (TPSA) is 45.5 Å². The molecule has 0 aliphatic carbocycles. The smallest absolute Gasteiger partial charge is 0.291 e. The highest BCUT2D eigenvalue weighted by molar-refractivity contribution is 9.10. The fourth-order valence-electron chi connectivity index (χ4n) is 1.72. The van der Waals surface area contributed by atoms with E-state index in [-0.39, 0.29) is 11.9 Å². The molecule has 1 atom stereocenters. The number of nitrogens with one attached hydrogen (secondary N) is 1. The average molecular weight is 273 g/mol. The van der Waals surface area contributed by atoms with Crippen LogP contribution < -0.4 is 5.32 Å². The van der Waals surface area contributed by atoms with Crippen molar-refractivity contribution in [1.82, 2.24) is 10.2 Å². The Labute approximate surface area is 96.7 Å². The summed E-state index contributed by atoms with van der Waals surface area (Å²) in [6, 6.07) is 1.95. The van der Waals surface area contributed by atoms with Gasteiger partial charge in [-0.3, -0.25) is 4.79 Å². The Kier molecular flexibility index (Phi) is 3.11. The lowest BCUT2D eigenvalue weighted by Crippen LogP contribution is -2.52. The van der Waals surface area contributed by atoms with Gasteiger partial charge in [0.05, 0.1) is 10.7 Å². The molecule has 2 heterocycles. The monoisotopic (exact) mass is 272 g/mol. The van der Waals surface area contributed by atoms with Gasteiger partial charge in [-0.05, 0) is 28.9 Å². The Hall–Kier alpha value is -0.810. The summed E-state index contributed by atoms with van der Waals surface area (Å²) in [5.41, 5.74) is 0. The molecule has 1 amide bonds. The first kappa shape index (κ1) is 10.7. The molecule has 1 N–H and O–H groups in total. The summed E-state index contributed by atoms with van der Waals surface area (Å²) >= 11 is 3.30. The molecule has 1 fully saturated rings. The number of halogens is 1. The van der Waals surface area contributed by atoms with Gasteiger partial charge in [0.2, 0.25) is 5.76 Å². The molecule has 1 aromatic heterocycles. The van der Waals surface area contributed by atoms with Crippen molar-refractivity contribution in [2.75, 3.05) is 19.6 Å². The molecule has 1 aliphatic heterocycles. The number of hydrogen-bond acceptors (Lipinski definition) is 3. The van der Waals surface area contributed by atoms with E-state index < -0.39 is 0 Å². The molecule has 82 valence electrons. The third kappa shape index (κ3) is 2.08. The van der Waals surface area contributed by atoms with Crippen LogP contribution in [0.4, 0.5) is 0 Å². The van der Waals surface area contributed by atoms with Crippen LogP contribution in [-0.4, -0.2) is 36.5 Å². The molecule has 0 spiro atoms. The van der Waals surface area contributed by atoms with Gasteiger partial charge < -0.3 is 14.6 Å². The van der Waals surface area contributed by atoms with Crippen LogP contribution in [0, 0.1) is 0 Å². The first-order valence-electron chi connectivity index (χ1n) is 4.95. The summed E-state index contributed by atoms with van der Waals surface area (Å²) in [6.07, 6.45) is 1.52. The Morgan fingerprint density at radius 3 is 3.13 bits per heavy atom. The first-order valence-corrected chi connectivity index (χ1v) is 5.74.